The number of benzene rings is 1. The molecule has 7 heteroatoms. The van der Waals surface area contributed by atoms with Gasteiger partial charge in [0, 0.05) is 23.7 Å². The number of hydrogen-bond donors (Lipinski definition) is 1. The van der Waals surface area contributed by atoms with Crippen LogP contribution in [0.5, 0.6) is 11.5 Å². The summed E-state index contributed by atoms with van der Waals surface area (Å²) in [5, 5.41) is 13.5. The molecule has 0 aliphatic heterocycles. The van der Waals surface area contributed by atoms with E-state index in [1.807, 2.05) is 13.8 Å². The van der Waals surface area contributed by atoms with Gasteiger partial charge in [-0.1, -0.05) is 11.6 Å². The van der Waals surface area contributed by atoms with Gasteiger partial charge in [-0.15, -0.1) is 0 Å². The number of methoxy groups -OCH3 is 1. The van der Waals surface area contributed by atoms with E-state index in [1.54, 1.807) is 19.2 Å². The first-order chi connectivity index (χ1) is 10.3. The molecule has 0 fully saturated rings. The van der Waals surface area contributed by atoms with E-state index >= 15 is 0 Å². The summed E-state index contributed by atoms with van der Waals surface area (Å²) in [6.07, 6.45) is -0.0824. The lowest BCUT2D eigenvalue weighted by molar-refractivity contribution is 0.0689. The molecule has 0 spiro atoms. The van der Waals surface area contributed by atoms with Crippen LogP contribution in [0.25, 0.3) is 11.3 Å². The van der Waals surface area contributed by atoms with Crippen LogP contribution in [-0.2, 0) is 7.05 Å². The highest BCUT2D eigenvalue weighted by Gasteiger charge is 2.20. The SMILES string of the molecule is COc1cc(Cl)cc(-c2cc(C(=O)O)nn2C)c1OC(C)C. The minimum Gasteiger partial charge on any atom is -0.493 e. The van der Waals surface area contributed by atoms with Crippen molar-refractivity contribution in [3.63, 3.8) is 0 Å². The second kappa shape index (κ2) is 6.27. The van der Waals surface area contributed by atoms with Crippen molar-refractivity contribution in [3.05, 3.63) is 28.9 Å². The first kappa shape index (κ1) is 16.2. The van der Waals surface area contributed by atoms with Crippen molar-refractivity contribution >= 4 is 17.6 Å². The molecular formula is C15H17ClN2O4. The number of rotatable bonds is 5. The molecule has 118 valence electrons. The van der Waals surface area contributed by atoms with E-state index in [4.69, 9.17) is 26.2 Å². The van der Waals surface area contributed by atoms with E-state index in [1.165, 1.54) is 17.9 Å². The number of aromatic carboxylic acids is 1. The number of carboxylic acid groups (broad SMARTS) is 1. The molecule has 0 bridgehead atoms. The van der Waals surface area contributed by atoms with E-state index in [0.29, 0.717) is 27.8 Å². The van der Waals surface area contributed by atoms with Crippen molar-refractivity contribution < 1.29 is 19.4 Å². The maximum Gasteiger partial charge on any atom is 0.356 e. The van der Waals surface area contributed by atoms with Crippen molar-refractivity contribution in [2.24, 2.45) is 7.05 Å². The Labute approximate surface area is 133 Å². The highest BCUT2D eigenvalue weighted by molar-refractivity contribution is 6.31. The van der Waals surface area contributed by atoms with Gasteiger partial charge in [-0.3, -0.25) is 4.68 Å². The number of nitrogens with zero attached hydrogens (tertiary/aromatic N) is 2. The van der Waals surface area contributed by atoms with Crippen molar-refractivity contribution in [2.45, 2.75) is 20.0 Å². The van der Waals surface area contributed by atoms with E-state index < -0.39 is 5.97 Å². The lowest BCUT2D eigenvalue weighted by Gasteiger charge is -2.18. The number of aryl methyl sites for hydroxylation is 1. The molecule has 0 unspecified atom stereocenters. The summed E-state index contributed by atoms with van der Waals surface area (Å²) in [5.41, 5.74) is 1.15. The topological polar surface area (TPSA) is 73.6 Å². The van der Waals surface area contributed by atoms with Crippen LogP contribution in [0.15, 0.2) is 18.2 Å². The van der Waals surface area contributed by atoms with Crippen LogP contribution in [-0.4, -0.2) is 34.1 Å². The number of halogens is 1. The van der Waals surface area contributed by atoms with Gasteiger partial charge in [0.15, 0.2) is 17.2 Å². The van der Waals surface area contributed by atoms with E-state index in [9.17, 15) is 4.79 Å². The molecule has 0 amide bonds. The van der Waals surface area contributed by atoms with Gasteiger partial charge in [0.2, 0.25) is 0 Å². The molecule has 0 atom stereocenters. The zero-order valence-corrected chi connectivity index (χ0v) is 13.5. The van der Waals surface area contributed by atoms with Gasteiger partial charge in [-0.25, -0.2) is 4.79 Å². The standard InChI is InChI=1S/C15H17ClN2O4/c1-8(2)22-14-10(5-9(16)6-13(14)21-4)12-7-11(15(19)20)17-18(12)3/h5-8H,1-4H3,(H,19,20). The van der Waals surface area contributed by atoms with Crippen LogP contribution in [0.2, 0.25) is 5.02 Å². The van der Waals surface area contributed by atoms with Crippen LogP contribution in [0, 0.1) is 0 Å². The fourth-order valence-corrected chi connectivity index (χ4v) is 2.30. The van der Waals surface area contributed by atoms with Crippen LogP contribution in [0.1, 0.15) is 24.3 Å². The molecule has 0 aliphatic rings. The van der Waals surface area contributed by atoms with Gasteiger partial charge < -0.3 is 14.6 Å². The molecule has 0 radical (unpaired) electrons. The summed E-state index contributed by atoms with van der Waals surface area (Å²) in [6.45, 7) is 3.79. The first-order valence-electron chi connectivity index (χ1n) is 6.65. The van der Waals surface area contributed by atoms with Gasteiger partial charge in [0.1, 0.15) is 0 Å². The molecule has 0 aliphatic carbocycles. The predicted molar refractivity (Wildman–Crippen MR) is 82.9 cm³/mol. The molecule has 1 N–H and O–H groups in total. The third-order valence-electron chi connectivity index (χ3n) is 2.97. The molecule has 6 nitrogen and oxygen atoms in total. The summed E-state index contributed by atoms with van der Waals surface area (Å²) in [4.78, 5) is 11.1. The van der Waals surface area contributed by atoms with Gasteiger partial charge in [-0.05, 0) is 26.0 Å². The fourth-order valence-electron chi connectivity index (χ4n) is 2.09. The Kier molecular flexibility index (Phi) is 4.61. The molecule has 22 heavy (non-hydrogen) atoms. The average molecular weight is 325 g/mol. The van der Waals surface area contributed by atoms with Crippen LogP contribution in [0.3, 0.4) is 0 Å². The Hall–Kier alpha value is -2.21. The molecule has 1 heterocycles. The second-order valence-electron chi connectivity index (χ2n) is 4.99. The first-order valence-corrected chi connectivity index (χ1v) is 7.03. The Morgan fingerprint density at radius 3 is 2.55 bits per heavy atom. The summed E-state index contributed by atoms with van der Waals surface area (Å²) < 4.78 is 12.6. The molecule has 1 aromatic carbocycles. The molecular weight excluding hydrogens is 308 g/mol. The minimum absolute atomic E-state index is 0.0491. The summed E-state index contributed by atoms with van der Waals surface area (Å²) in [6, 6.07) is 4.82. The van der Waals surface area contributed by atoms with Crippen molar-refractivity contribution in [3.8, 4) is 22.8 Å². The summed E-state index contributed by atoms with van der Waals surface area (Å²) in [7, 11) is 3.18. The van der Waals surface area contributed by atoms with Gasteiger partial charge in [-0.2, -0.15) is 5.10 Å². The molecule has 2 aromatic rings. The van der Waals surface area contributed by atoms with Gasteiger partial charge in [0.05, 0.1) is 18.9 Å². The van der Waals surface area contributed by atoms with Gasteiger partial charge in [0.25, 0.3) is 0 Å². The monoisotopic (exact) mass is 324 g/mol. The maximum absolute atomic E-state index is 11.1. The van der Waals surface area contributed by atoms with E-state index in [2.05, 4.69) is 5.10 Å². The van der Waals surface area contributed by atoms with E-state index in [0.717, 1.165) is 0 Å². The Morgan fingerprint density at radius 1 is 1.36 bits per heavy atom. The summed E-state index contributed by atoms with van der Waals surface area (Å²) >= 11 is 6.13. The summed E-state index contributed by atoms with van der Waals surface area (Å²) in [5.74, 6) is -0.113. The van der Waals surface area contributed by atoms with Crippen molar-refractivity contribution in [1.29, 1.82) is 0 Å². The zero-order chi connectivity index (χ0) is 16.4. The fraction of sp³-hybridized carbons (Fsp3) is 0.333. The van der Waals surface area contributed by atoms with Crippen LogP contribution >= 0.6 is 11.6 Å². The second-order valence-corrected chi connectivity index (χ2v) is 5.43. The number of ether oxygens (including phenoxy) is 2. The number of hydrogen-bond acceptors (Lipinski definition) is 4. The minimum atomic E-state index is -1.10. The largest absolute Gasteiger partial charge is 0.493 e. The third-order valence-corrected chi connectivity index (χ3v) is 3.19. The number of carboxylic acids is 1. The molecule has 1 aromatic heterocycles. The lowest BCUT2D eigenvalue weighted by atomic mass is 10.1. The maximum atomic E-state index is 11.1. The highest BCUT2D eigenvalue weighted by Crippen LogP contribution is 2.41. The third kappa shape index (κ3) is 3.17. The Balaban J connectivity index is 2.67. The van der Waals surface area contributed by atoms with Crippen LogP contribution in [0.4, 0.5) is 0 Å². The molecule has 2 rings (SSSR count). The van der Waals surface area contributed by atoms with Crippen molar-refractivity contribution in [2.75, 3.05) is 7.11 Å². The Bertz CT molecular complexity index is 710. The van der Waals surface area contributed by atoms with Gasteiger partial charge >= 0.3 is 5.97 Å². The molecule has 0 saturated carbocycles. The normalized spacial score (nSPS) is 10.8. The predicted octanol–water partition coefficient (Wildman–Crippen LogP) is 3.23. The zero-order valence-electron chi connectivity index (χ0n) is 12.8. The number of carbonyl (C=O) groups is 1. The van der Waals surface area contributed by atoms with Crippen molar-refractivity contribution in [1.82, 2.24) is 9.78 Å². The van der Waals surface area contributed by atoms with Crippen LogP contribution < -0.4 is 9.47 Å². The van der Waals surface area contributed by atoms with E-state index in [-0.39, 0.29) is 11.8 Å². The quantitative estimate of drug-likeness (QED) is 0.914. The number of aromatic nitrogens is 2. The smallest absolute Gasteiger partial charge is 0.356 e. The lowest BCUT2D eigenvalue weighted by Crippen LogP contribution is -2.08. The molecule has 0 saturated heterocycles. The Morgan fingerprint density at radius 2 is 2.05 bits per heavy atom. The average Bonchev–Trinajstić information content (AvgIpc) is 2.82. The highest BCUT2D eigenvalue weighted by atomic mass is 35.5.